The van der Waals surface area contributed by atoms with Crippen LogP contribution in [0, 0.1) is 6.92 Å². The van der Waals surface area contributed by atoms with Gasteiger partial charge in [-0.15, -0.1) is 10.2 Å². The summed E-state index contributed by atoms with van der Waals surface area (Å²) in [6, 6.07) is 7.85. The van der Waals surface area contributed by atoms with Crippen LogP contribution in [0.3, 0.4) is 0 Å². The normalized spacial score (nSPS) is 15.4. The minimum Gasteiger partial charge on any atom is -0.350 e. The van der Waals surface area contributed by atoms with Gasteiger partial charge in [0.25, 0.3) is 0 Å². The number of amides is 2. The van der Waals surface area contributed by atoms with Crippen LogP contribution >= 0.6 is 0 Å². The van der Waals surface area contributed by atoms with E-state index in [2.05, 4.69) is 25.6 Å². The van der Waals surface area contributed by atoms with Gasteiger partial charge in [0.05, 0.1) is 6.54 Å². The van der Waals surface area contributed by atoms with Crippen LogP contribution in [-0.2, 0) is 16.1 Å². The van der Waals surface area contributed by atoms with Crippen LogP contribution in [0.4, 0.5) is 0 Å². The third-order valence-corrected chi connectivity index (χ3v) is 4.65. The first-order valence-electron chi connectivity index (χ1n) is 9.85. The van der Waals surface area contributed by atoms with Gasteiger partial charge in [0.2, 0.25) is 17.6 Å². The van der Waals surface area contributed by atoms with Gasteiger partial charge in [-0.25, -0.2) is 0 Å². The molecule has 0 aliphatic carbocycles. The fourth-order valence-electron chi connectivity index (χ4n) is 3.17. The minimum atomic E-state index is -0.239. The van der Waals surface area contributed by atoms with Gasteiger partial charge in [0, 0.05) is 37.3 Å². The Labute approximate surface area is 171 Å². The SMILES string of the molecule is Cc1ccc(-c2nnn(CC(=O)N3CCN(CC(=O)NC(C)(C)C)CC3)n2)cc1. The summed E-state index contributed by atoms with van der Waals surface area (Å²) in [5.74, 6) is 0.469. The molecule has 2 amide bonds. The van der Waals surface area contributed by atoms with Crippen molar-refractivity contribution in [3.8, 4) is 11.4 Å². The number of rotatable bonds is 5. The summed E-state index contributed by atoms with van der Waals surface area (Å²) < 4.78 is 0. The molecule has 0 saturated carbocycles. The zero-order valence-corrected chi connectivity index (χ0v) is 17.6. The first-order chi connectivity index (χ1) is 13.7. The molecule has 1 aliphatic heterocycles. The van der Waals surface area contributed by atoms with E-state index in [-0.39, 0.29) is 23.9 Å². The fourth-order valence-corrected chi connectivity index (χ4v) is 3.17. The van der Waals surface area contributed by atoms with E-state index in [1.54, 1.807) is 4.90 Å². The van der Waals surface area contributed by atoms with Crippen LogP contribution in [0.5, 0.6) is 0 Å². The number of tetrazole rings is 1. The smallest absolute Gasteiger partial charge is 0.246 e. The number of carbonyl (C=O) groups excluding carboxylic acids is 2. The van der Waals surface area contributed by atoms with Crippen LogP contribution in [0.1, 0.15) is 26.3 Å². The largest absolute Gasteiger partial charge is 0.350 e. The van der Waals surface area contributed by atoms with E-state index in [0.717, 1.165) is 11.1 Å². The van der Waals surface area contributed by atoms with Crippen molar-refractivity contribution >= 4 is 11.8 Å². The van der Waals surface area contributed by atoms with Gasteiger partial charge in [-0.1, -0.05) is 29.8 Å². The van der Waals surface area contributed by atoms with Gasteiger partial charge in [-0.2, -0.15) is 4.80 Å². The molecule has 1 aromatic carbocycles. The van der Waals surface area contributed by atoms with Gasteiger partial charge in [0.1, 0.15) is 6.54 Å². The molecule has 2 aromatic rings. The first kappa shape index (κ1) is 20.9. The highest BCUT2D eigenvalue weighted by Crippen LogP contribution is 2.14. The number of hydrogen-bond acceptors (Lipinski definition) is 6. The van der Waals surface area contributed by atoms with Gasteiger partial charge in [-0.3, -0.25) is 14.5 Å². The molecule has 0 unspecified atom stereocenters. The van der Waals surface area contributed by atoms with E-state index in [1.165, 1.54) is 4.80 Å². The standard InChI is InChI=1S/C20H29N7O2/c1-15-5-7-16(8-6-15)19-22-24-27(23-19)14-18(29)26-11-9-25(10-12-26)13-17(28)21-20(2,3)4/h5-8H,9-14H2,1-4H3,(H,21,28). The summed E-state index contributed by atoms with van der Waals surface area (Å²) in [7, 11) is 0. The van der Waals surface area contributed by atoms with E-state index in [1.807, 2.05) is 52.0 Å². The predicted octanol–water partition coefficient (Wildman–Crippen LogP) is 0.707. The van der Waals surface area contributed by atoms with Crippen molar-refractivity contribution in [2.24, 2.45) is 0 Å². The van der Waals surface area contributed by atoms with Crippen LogP contribution in [0.25, 0.3) is 11.4 Å². The van der Waals surface area contributed by atoms with Crippen LogP contribution in [-0.4, -0.2) is 80.1 Å². The minimum absolute atomic E-state index is 0.00715. The average molecular weight is 399 g/mol. The van der Waals surface area contributed by atoms with Gasteiger partial charge in [-0.05, 0) is 32.9 Å². The number of benzene rings is 1. The molecule has 1 aromatic heterocycles. The van der Waals surface area contributed by atoms with Crippen molar-refractivity contribution in [3.63, 3.8) is 0 Å². The van der Waals surface area contributed by atoms with E-state index in [0.29, 0.717) is 38.5 Å². The third kappa shape index (κ3) is 6.08. The molecular formula is C20H29N7O2. The second kappa shape index (κ2) is 8.69. The zero-order valence-electron chi connectivity index (χ0n) is 17.6. The van der Waals surface area contributed by atoms with Crippen LogP contribution in [0.2, 0.25) is 0 Å². The molecule has 1 aliphatic rings. The Morgan fingerprint density at radius 1 is 1.03 bits per heavy atom. The van der Waals surface area contributed by atoms with E-state index < -0.39 is 0 Å². The fraction of sp³-hybridized carbons (Fsp3) is 0.550. The lowest BCUT2D eigenvalue weighted by Crippen LogP contribution is -2.53. The van der Waals surface area contributed by atoms with Gasteiger partial charge in [0.15, 0.2) is 0 Å². The molecule has 0 spiro atoms. The van der Waals surface area contributed by atoms with Crippen LogP contribution in [0.15, 0.2) is 24.3 Å². The summed E-state index contributed by atoms with van der Waals surface area (Å²) in [4.78, 5) is 29.8. The Balaban J connectivity index is 1.48. The van der Waals surface area contributed by atoms with Crippen molar-refractivity contribution in [2.75, 3.05) is 32.7 Å². The van der Waals surface area contributed by atoms with E-state index >= 15 is 0 Å². The maximum Gasteiger partial charge on any atom is 0.246 e. The van der Waals surface area contributed by atoms with E-state index in [9.17, 15) is 9.59 Å². The monoisotopic (exact) mass is 399 g/mol. The van der Waals surface area contributed by atoms with Gasteiger partial charge >= 0.3 is 0 Å². The van der Waals surface area contributed by atoms with Crippen molar-refractivity contribution in [1.29, 1.82) is 0 Å². The molecule has 29 heavy (non-hydrogen) atoms. The lowest BCUT2D eigenvalue weighted by molar-refractivity contribution is -0.134. The number of aryl methyl sites for hydroxylation is 1. The topological polar surface area (TPSA) is 96.3 Å². The molecule has 1 saturated heterocycles. The third-order valence-electron chi connectivity index (χ3n) is 4.65. The Morgan fingerprint density at radius 3 is 2.31 bits per heavy atom. The Hall–Kier alpha value is -2.81. The molecule has 156 valence electrons. The molecule has 3 rings (SSSR count). The lowest BCUT2D eigenvalue weighted by atomic mass is 10.1. The molecule has 0 radical (unpaired) electrons. The van der Waals surface area contributed by atoms with Crippen molar-refractivity contribution in [1.82, 2.24) is 35.3 Å². The van der Waals surface area contributed by atoms with Crippen molar-refractivity contribution in [2.45, 2.75) is 39.8 Å². The summed E-state index contributed by atoms with van der Waals surface area (Å²) in [6.45, 7) is 10.8. The molecule has 9 heteroatoms. The highest BCUT2D eigenvalue weighted by molar-refractivity contribution is 5.79. The maximum absolute atomic E-state index is 12.6. The van der Waals surface area contributed by atoms with Gasteiger partial charge < -0.3 is 10.2 Å². The molecule has 9 nitrogen and oxygen atoms in total. The second-order valence-electron chi connectivity index (χ2n) is 8.46. The first-order valence-corrected chi connectivity index (χ1v) is 9.85. The summed E-state index contributed by atoms with van der Waals surface area (Å²) >= 11 is 0. The molecule has 0 atom stereocenters. The number of carbonyl (C=O) groups is 2. The molecule has 0 bridgehead atoms. The van der Waals surface area contributed by atoms with Crippen LogP contribution < -0.4 is 5.32 Å². The number of nitrogens with one attached hydrogen (secondary N) is 1. The second-order valence-corrected chi connectivity index (χ2v) is 8.46. The maximum atomic E-state index is 12.6. The molecule has 1 N–H and O–H groups in total. The Kier molecular flexibility index (Phi) is 6.26. The average Bonchev–Trinajstić information content (AvgIpc) is 3.09. The zero-order chi connectivity index (χ0) is 21.0. The number of aromatic nitrogens is 4. The predicted molar refractivity (Wildman–Crippen MR) is 109 cm³/mol. The van der Waals surface area contributed by atoms with Crippen molar-refractivity contribution in [3.05, 3.63) is 29.8 Å². The summed E-state index contributed by atoms with van der Waals surface area (Å²) in [5.41, 5.74) is 1.79. The Bertz CT molecular complexity index is 846. The highest BCUT2D eigenvalue weighted by atomic mass is 16.2. The highest BCUT2D eigenvalue weighted by Gasteiger charge is 2.24. The summed E-state index contributed by atoms with van der Waals surface area (Å²) in [6.07, 6.45) is 0. The quantitative estimate of drug-likeness (QED) is 0.795. The molecule has 1 fully saturated rings. The Morgan fingerprint density at radius 2 is 1.69 bits per heavy atom. The molecule has 2 heterocycles. The van der Waals surface area contributed by atoms with Crippen molar-refractivity contribution < 1.29 is 9.59 Å². The number of hydrogen-bond donors (Lipinski definition) is 1. The summed E-state index contributed by atoms with van der Waals surface area (Å²) in [5, 5.41) is 15.3. The number of piperazine rings is 1. The molecular weight excluding hydrogens is 370 g/mol. The number of nitrogens with zero attached hydrogens (tertiary/aromatic N) is 6. The lowest BCUT2D eigenvalue weighted by Gasteiger charge is -2.34. The van der Waals surface area contributed by atoms with E-state index in [4.69, 9.17) is 0 Å².